The Morgan fingerprint density at radius 2 is 1.94 bits per heavy atom. The fourth-order valence-corrected chi connectivity index (χ4v) is 1.30. The summed E-state index contributed by atoms with van der Waals surface area (Å²) < 4.78 is 15.1. The average Bonchev–Trinajstić information content (AvgIpc) is 2.38. The highest BCUT2D eigenvalue weighted by molar-refractivity contribution is 5.75. The van der Waals surface area contributed by atoms with Gasteiger partial charge in [0.2, 0.25) is 0 Å². The topological polar surface area (TPSA) is 70.8 Å². The molecule has 2 N–H and O–H groups in total. The molecule has 0 aliphatic heterocycles. The van der Waals surface area contributed by atoms with Crippen LogP contribution in [0.25, 0.3) is 0 Å². The van der Waals surface area contributed by atoms with Crippen molar-refractivity contribution in [3.05, 3.63) is 24.3 Å². The SMILES string of the molecule is COC(=O)C(N)CCOc1ccccc1OC. The number of para-hydroxylation sites is 2. The fraction of sp³-hybridized carbons (Fsp3) is 0.417. The first-order valence-corrected chi connectivity index (χ1v) is 5.28. The van der Waals surface area contributed by atoms with Crippen LogP contribution in [0.4, 0.5) is 0 Å². The van der Waals surface area contributed by atoms with E-state index >= 15 is 0 Å². The lowest BCUT2D eigenvalue weighted by atomic mass is 10.2. The molecule has 5 heteroatoms. The van der Waals surface area contributed by atoms with Gasteiger partial charge in [-0.25, -0.2) is 0 Å². The van der Waals surface area contributed by atoms with Crippen LogP contribution in [0.2, 0.25) is 0 Å². The Bertz CT molecular complexity index is 367. The molecule has 0 radical (unpaired) electrons. The quantitative estimate of drug-likeness (QED) is 0.749. The molecule has 1 unspecified atom stereocenters. The van der Waals surface area contributed by atoms with E-state index in [1.807, 2.05) is 12.1 Å². The highest BCUT2D eigenvalue weighted by Crippen LogP contribution is 2.25. The summed E-state index contributed by atoms with van der Waals surface area (Å²) in [5.41, 5.74) is 5.58. The third kappa shape index (κ3) is 3.96. The number of ether oxygens (including phenoxy) is 3. The maximum Gasteiger partial charge on any atom is 0.322 e. The Morgan fingerprint density at radius 3 is 2.53 bits per heavy atom. The Labute approximate surface area is 100 Å². The van der Waals surface area contributed by atoms with E-state index in [9.17, 15) is 4.79 Å². The Morgan fingerprint density at radius 1 is 1.29 bits per heavy atom. The Balaban J connectivity index is 2.43. The van der Waals surface area contributed by atoms with Crippen LogP contribution >= 0.6 is 0 Å². The number of carbonyl (C=O) groups excluding carboxylic acids is 1. The highest BCUT2D eigenvalue weighted by atomic mass is 16.5. The second kappa shape index (κ2) is 6.75. The molecule has 0 spiro atoms. The lowest BCUT2D eigenvalue weighted by molar-refractivity contribution is -0.142. The van der Waals surface area contributed by atoms with Gasteiger partial charge in [-0.05, 0) is 12.1 Å². The van der Waals surface area contributed by atoms with Crippen molar-refractivity contribution in [1.82, 2.24) is 0 Å². The van der Waals surface area contributed by atoms with Crippen LogP contribution in [0.3, 0.4) is 0 Å². The monoisotopic (exact) mass is 239 g/mol. The van der Waals surface area contributed by atoms with E-state index in [-0.39, 0.29) is 0 Å². The van der Waals surface area contributed by atoms with Gasteiger partial charge in [0.25, 0.3) is 0 Å². The first-order chi connectivity index (χ1) is 8.19. The van der Waals surface area contributed by atoms with Gasteiger partial charge in [-0.3, -0.25) is 4.79 Å². The molecule has 0 aliphatic rings. The maximum atomic E-state index is 11.0. The molecule has 0 saturated heterocycles. The molecule has 0 aliphatic carbocycles. The average molecular weight is 239 g/mol. The van der Waals surface area contributed by atoms with Crippen LogP contribution in [-0.4, -0.2) is 32.8 Å². The summed E-state index contributed by atoms with van der Waals surface area (Å²) in [4.78, 5) is 11.0. The molecule has 94 valence electrons. The van der Waals surface area contributed by atoms with Crippen molar-refractivity contribution >= 4 is 5.97 Å². The van der Waals surface area contributed by atoms with E-state index in [1.165, 1.54) is 7.11 Å². The van der Waals surface area contributed by atoms with Crippen molar-refractivity contribution in [3.8, 4) is 11.5 Å². The number of hydrogen-bond acceptors (Lipinski definition) is 5. The number of hydrogen-bond donors (Lipinski definition) is 1. The minimum absolute atomic E-state index is 0.330. The molecule has 0 bridgehead atoms. The van der Waals surface area contributed by atoms with E-state index in [2.05, 4.69) is 4.74 Å². The predicted octanol–water partition coefficient (Wildman–Crippen LogP) is 0.964. The molecule has 17 heavy (non-hydrogen) atoms. The smallest absolute Gasteiger partial charge is 0.322 e. The van der Waals surface area contributed by atoms with E-state index in [1.54, 1.807) is 19.2 Å². The van der Waals surface area contributed by atoms with Crippen molar-refractivity contribution in [1.29, 1.82) is 0 Å². The molecule has 0 aromatic heterocycles. The van der Waals surface area contributed by atoms with Crippen molar-refractivity contribution in [2.75, 3.05) is 20.8 Å². The molecule has 1 aromatic rings. The fourth-order valence-electron chi connectivity index (χ4n) is 1.30. The molecule has 0 fully saturated rings. The van der Waals surface area contributed by atoms with E-state index < -0.39 is 12.0 Å². The van der Waals surface area contributed by atoms with Gasteiger partial charge in [-0.1, -0.05) is 12.1 Å². The third-order valence-electron chi connectivity index (χ3n) is 2.26. The summed E-state index contributed by atoms with van der Waals surface area (Å²) in [6, 6.07) is 6.64. The second-order valence-electron chi connectivity index (χ2n) is 3.42. The third-order valence-corrected chi connectivity index (χ3v) is 2.26. The number of carbonyl (C=O) groups is 1. The van der Waals surface area contributed by atoms with Gasteiger partial charge in [-0.2, -0.15) is 0 Å². The largest absolute Gasteiger partial charge is 0.493 e. The zero-order valence-electron chi connectivity index (χ0n) is 10.0. The first kappa shape index (κ1) is 13.3. The van der Waals surface area contributed by atoms with Gasteiger partial charge in [0.05, 0.1) is 20.8 Å². The minimum atomic E-state index is -0.658. The molecule has 1 atom stereocenters. The van der Waals surface area contributed by atoms with Crippen LogP contribution < -0.4 is 15.2 Å². The minimum Gasteiger partial charge on any atom is -0.493 e. The molecule has 5 nitrogen and oxygen atoms in total. The molecular formula is C12H17NO4. The molecule has 0 amide bonds. The summed E-state index contributed by atoms with van der Waals surface area (Å²) in [5, 5.41) is 0. The second-order valence-corrected chi connectivity index (χ2v) is 3.42. The predicted molar refractivity (Wildman–Crippen MR) is 63.1 cm³/mol. The van der Waals surface area contributed by atoms with Gasteiger partial charge >= 0.3 is 5.97 Å². The van der Waals surface area contributed by atoms with Crippen molar-refractivity contribution in [2.45, 2.75) is 12.5 Å². The molecule has 0 heterocycles. The van der Waals surface area contributed by atoms with Crippen LogP contribution in [0, 0.1) is 0 Å². The standard InChI is InChI=1S/C12H17NO4/c1-15-10-5-3-4-6-11(10)17-8-7-9(13)12(14)16-2/h3-6,9H,7-8,13H2,1-2H3. The molecule has 1 rings (SSSR count). The van der Waals surface area contributed by atoms with Crippen molar-refractivity contribution in [2.24, 2.45) is 5.73 Å². The summed E-state index contributed by atoms with van der Waals surface area (Å²) in [6.07, 6.45) is 0.394. The number of benzene rings is 1. The maximum absolute atomic E-state index is 11.0. The zero-order chi connectivity index (χ0) is 12.7. The molecule has 0 saturated carbocycles. The van der Waals surface area contributed by atoms with Crippen molar-refractivity contribution < 1.29 is 19.0 Å². The van der Waals surface area contributed by atoms with Crippen LogP contribution in [0.1, 0.15) is 6.42 Å². The van der Waals surface area contributed by atoms with Crippen molar-refractivity contribution in [3.63, 3.8) is 0 Å². The summed E-state index contributed by atoms with van der Waals surface area (Å²) >= 11 is 0. The number of nitrogens with two attached hydrogens (primary N) is 1. The van der Waals surface area contributed by atoms with Crippen LogP contribution in [-0.2, 0) is 9.53 Å². The summed E-state index contributed by atoms with van der Waals surface area (Å²) in [6.45, 7) is 0.330. The van der Waals surface area contributed by atoms with E-state index in [0.29, 0.717) is 24.5 Å². The normalized spacial score (nSPS) is 11.7. The summed E-state index contributed by atoms with van der Waals surface area (Å²) in [5.74, 6) is 0.847. The number of esters is 1. The van der Waals surface area contributed by atoms with E-state index in [0.717, 1.165) is 0 Å². The van der Waals surface area contributed by atoms with E-state index in [4.69, 9.17) is 15.2 Å². The summed E-state index contributed by atoms with van der Waals surface area (Å²) in [7, 11) is 2.88. The van der Waals surface area contributed by atoms with Crippen LogP contribution in [0.15, 0.2) is 24.3 Å². The zero-order valence-corrected chi connectivity index (χ0v) is 10.0. The van der Waals surface area contributed by atoms with Gasteiger partial charge in [-0.15, -0.1) is 0 Å². The van der Waals surface area contributed by atoms with Gasteiger partial charge in [0.1, 0.15) is 6.04 Å². The lowest BCUT2D eigenvalue weighted by Crippen LogP contribution is -2.33. The molecule has 1 aromatic carbocycles. The van der Waals surface area contributed by atoms with Crippen LogP contribution in [0.5, 0.6) is 11.5 Å². The van der Waals surface area contributed by atoms with Gasteiger partial charge in [0, 0.05) is 6.42 Å². The first-order valence-electron chi connectivity index (χ1n) is 5.28. The van der Waals surface area contributed by atoms with Gasteiger partial charge < -0.3 is 19.9 Å². The molecular weight excluding hydrogens is 222 g/mol. The Kier molecular flexibility index (Phi) is 5.29. The number of methoxy groups -OCH3 is 2. The Hall–Kier alpha value is -1.75. The highest BCUT2D eigenvalue weighted by Gasteiger charge is 2.13. The lowest BCUT2D eigenvalue weighted by Gasteiger charge is -2.12. The number of rotatable bonds is 6. The van der Waals surface area contributed by atoms with Gasteiger partial charge in [0.15, 0.2) is 11.5 Å².